The minimum Gasteiger partial charge on any atom is -0.465 e. The van der Waals surface area contributed by atoms with E-state index >= 15 is 0 Å². The fourth-order valence-electron chi connectivity index (χ4n) is 1.76. The molecule has 0 amide bonds. The van der Waals surface area contributed by atoms with Gasteiger partial charge in [-0.25, -0.2) is 4.79 Å². The van der Waals surface area contributed by atoms with E-state index < -0.39 is 5.97 Å². The van der Waals surface area contributed by atoms with E-state index in [0.717, 1.165) is 19.8 Å². The monoisotopic (exact) mass is 351 g/mol. The van der Waals surface area contributed by atoms with E-state index in [1.165, 1.54) is 7.11 Å². The summed E-state index contributed by atoms with van der Waals surface area (Å²) < 4.78 is 5.78. The first kappa shape index (κ1) is 14.9. The molecule has 0 saturated heterocycles. The van der Waals surface area contributed by atoms with Crippen molar-refractivity contribution < 1.29 is 9.53 Å². The van der Waals surface area contributed by atoms with Crippen molar-refractivity contribution in [2.75, 3.05) is 12.8 Å². The molecule has 2 aromatic rings. The van der Waals surface area contributed by atoms with E-state index in [2.05, 4.69) is 15.9 Å². The van der Waals surface area contributed by atoms with E-state index in [1.807, 2.05) is 37.3 Å². The Labute approximate surface area is 130 Å². The molecule has 0 unspecified atom stereocenters. The van der Waals surface area contributed by atoms with Crippen LogP contribution < -0.4 is 5.73 Å². The van der Waals surface area contributed by atoms with Crippen molar-refractivity contribution in [3.05, 3.63) is 52.0 Å². The molecule has 0 bridgehead atoms. The number of rotatable bonds is 3. The molecule has 0 saturated carbocycles. The summed E-state index contributed by atoms with van der Waals surface area (Å²) in [5.41, 5.74) is 7.67. The highest BCUT2D eigenvalue weighted by Gasteiger charge is 2.14. The second-order valence-electron chi connectivity index (χ2n) is 4.23. The number of methoxy groups -OCH3 is 1. The van der Waals surface area contributed by atoms with Crippen LogP contribution in [-0.4, -0.2) is 13.1 Å². The molecule has 2 aromatic carbocycles. The molecule has 2 rings (SSSR count). The minimum atomic E-state index is -0.417. The lowest BCUT2D eigenvalue weighted by atomic mass is 10.1. The predicted molar refractivity (Wildman–Crippen MR) is 85.2 cm³/mol. The van der Waals surface area contributed by atoms with Crippen molar-refractivity contribution in [2.24, 2.45) is 0 Å². The fraction of sp³-hybridized carbons (Fsp3) is 0.133. The number of benzene rings is 2. The number of carbonyl (C=O) groups excluding carboxylic acids is 1. The fourth-order valence-corrected chi connectivity index (χ4v) is 3.26. The second-order valence-corrected chi connectivity index (χ2v) is 6.20. The summed E-state index contributed by atoms with van der Waals surface area (Å²) in [6, 6.07) is 11.6. The highest BCUT2D eigenvalue weighted by atomic mass is 79.9. The summed E-state index contributed by atoms with van der Waals surface area (Å²) >= 11 is 5.08. The van der Waals surface area contributed by atoms with E-state index in [1.54, 1.807) is 17.8 Å². The molecule has 3 nitrogen and oxygen atoms in total. The van der Waals surface area contributed by atoms with Crippen molar-refractivity contribution in [1.82, 2.24) is 0 Å². The Morgan fingerprint density at radius 1 is 1.30 bits per heavy atom. The van der Waals surface area contributed by atoms with Gasteiger partial charge in [0.15, 0.2) is 0 Å². The molecule has 2 N–H and O–H groups in total. The number of ether oxygens (including phenoxy) is 1. The molecule has 0 atom stereocenters. The Bertz CT molecular complexity index is 658. The smallest absolute Gasteiger partial charge is 0.340 e. The van der Waals surface area contributed by atoms with Gasteiger partial charge >= 0.3 is 5.97 Å². The number of aryl methyl sites for hydroxylation is 1. The second kappa shape index (κ2) is 6.33. The van der Waals surface area contributed by atoms with Crippen LogP contribution in [0.25, 0.3) is 0 Å². The number of nitrogens with two attached hydrogens (primary N) is 1. The average molecular weight is 352 g/mol. The van der Waals surface area contributed by atoms with E-state index in [-0.39, 0.29) is 0 Å². The molecule has 20 heavy (non-hydrogen) atoms. The summed E-state index contributed by atoms with van der Waals surface area (Å²) in [6.07, 6.45) is 0. The molecular formula is C15H14BrNO2S. The van der Waals surface area contributed by atoms with Crippen LogP contribution in [0.4, 0.5) is 5.69 Å². The minimum absolute atomic E-state index is 0.405. The van der Waals surface area contributed by atoms with Gasteiger partial charge in [-0.3, -0.25) is 0 Å². The Balaban J connectivity index is 2.41. The zero-order valence-corrected chi connectivity index (χ0v) is 13.5. The van der Waals surface area contributed by atoms with E-state index in [0.29, 0.717) is 11.3 Å². The zero-order chi connectivity index (χ0) is 14.7. The van der Waals surface area contributed by atoms with Gasteiger partial charge in [0.05, 0.1) is 12.7 Å². The quantitative estimate of drug-likeness (QED) is 0.662. The third-order valence-electron chi connectivity index (χ3n) is 2.83. The van der Waals surface area contributed by atoms with Gasteiger partial charge in [-0.05, 0) is 52.7 Å². The van der Waals surface area contributed by atoms with E-state index in [9.17, 15) is 4.79 Å². The highest BCUT2D eigenvalue weighted by Crippen LogP contribution is 2.35. The molecule has 0 aliphatic carbocycles. The van der Waals surface area contributed by atoms with Crippen molar-refractivity contribution in [2.45, 2.75) is 16.7 Å². The van der Waals surface area contributed by atoms with Crippen LogP contribution in [0.15, 0.2) is 50.7 Å². The van der Waals surface area contributed by atoms with Gasteiger partial charge in [0.2, 0.25) is 0 Å². The molecule has 0 aromatic heterocycles. The number of hydrogen-bond donors (Lipinski definition) is 1. The summed E-state index contributed by atoms with van der Waals surface area (Å²) in [6.45, 7) is 1.88. The largest absolute Gasteiger partial charge is 0.465 e. The lowest BCUT2D eigenvalue weighted by molar-refractivity contribution is 0.0601. The number of carbonyl (C=O) groups is 1. The standard InChI is InChI=1S/C15H14BrNO2S/c1-9-7-10(8-11(14(9)17)15(18)19-2)20-13-6-4-3-5-12(13)16/h3-8H,17H2,1-2H3. The number of anilines is 1. The topological polar surface area (TPSA) is 52.3 Å². The third-order valence-corrected chi connectivity index (χ3v) is 4.83. The van der Waals surface area contributed by atoms with Crippen LogP contribution in [-0.2, 0) is 4.74 Å². The Hall–Kier alpha value is -1.46. The van der Waals surface area contributed by atoms with Crippen molar-refractivity contribution in [1.29, 1.82) is 0 Å². The van der Waals surface area contributed by atoms with Crippen LogP contribution in [0.5, 0.6) is 0 Å². The van der Waals surface area contributed by atoms with Gasteiger partial charge in [0, 0.05) is 20.0 Å². The number of hydrogen-bond acceptors (Lipinski definition) is 4. The molecule has 0 aliphatic heterocycles. The Morgan fingerprint density at radius 2 is 2.00 bits per heavy atom. The van der Waals surface area contributed by atoms with Gasteiger partial charge in [0.1, 0.15) is 0 Å². The molecule has 0 fully saturated rings. The Morgan fingerprint density at radius 3 is 2.65 bits per heavy atom. The van der Waals surface area contributed by atoms with Crippen molar-refractivity contribution >= 4 is 39.3 Å². The van der Waals surface area contributed by atoms with Crippen molar-refractivity contribution in [3.63, 3.8) is 0 Å². The van der Waals surface area contributed by atoms with Crippen LogP contribution in [0.1, 0.15) is 15.9 Å². The maximum atomic E-state index is 11.7. The van der Waals surface area contributed by atoms with Gasteiger partial charge < -0.3 is 10.5 Å². The lowest BCUT2D eigenvalue weighted by Crippen LogP contribution is -2.07. The molecule has 0 aliphatic rings. The first-order valence-electron chi connectivity index (χ1n) is 5.93. The van der Waals surface area contributed by atoms with Crippen LogP contribution in [0.2, 0.25) is 0 Å². The van der Waals surface area contributed by atoms with Gasteiger partial charge in [-0.1, -0.05) is 23.9 Å². The predicted octanol–water partition coefficient (Wildman–Crippen LogP) is 4.28. The third kappa shape index (κ3) is 3.16. The molecule has 104 valence electrons. The summed E-state index contributed by atoms with van der Waals surface area (Å²) in [5, 5.41) is 0. The molecule has 5 heteroatoms. The average Bonchev–Trinajstić information content (AvgIpc) is 2.44. The summed E-state index contributed by atoms with van der Waals surface area (Å²) in [4.78, 5) is 13.8. The van der Waals surface area contributed by atoms with Gasteiger partial charge in [-0.2, -0.15) is 0 Å². The van der Waals surface area contributed by atoms with Crippen molar-refractivity contribution in [3.8, 4) is 0 Å². The molecule has 0 radical (unpaired) electrons. The first-order chi connectivity index (χ1) is 9.52. The van der Waals surface area contributed by atoms with Gasteiger partial charge in [0.25, 0.3) is 0 Å². The number of halogens is 1. The normalized spacial score (nSPS) is 10.3. The number of nitrogen functional groups attached to an aromatic ring is 1. The zero-order valence-electron chi connectivity index (χ0n) is 11.1. The maximum absolute atomic E-state index is 11.7. The van der Waals surface area contributed by atoms with Crippen LogP contribution in [0, 0.1) is 6.92 Å². The molecule has 0 spiro atoms. The molecule has 0 heterocycles. The van der Waals surface area contributed by atoms with Crippen LogP contribution >= 0.6 is 27.7 Å². The van der Waals surface area contributed by atoms with E-state index in [4.69, 9.17) is 10.5 Å². The first-order valence-corrected chi connectivity index (χ1v) is 7.54. The SMILES string of the molecule is COC(=O)c1cc(Sc2ccccc2Br)cc(C)c1N. The highest BCUT2D eigenvalue weighted by molar-refractivity contribution is 9.10. The summed E-state index contributed by atoms with van der Waals surface area (Å²) in [7, 11) is 1.35. The summed E-state index contributed by atoms with van der Waals surface area (Å²) in [5.74, 6) is -0.417. The van der Waals surface area contributed by atoms with Gasteiger partial charge in [-0.15, -0.1) is 0 Å². The van der Waals surface area contributed by atoms with Crippen LogP contribution in [0.3, 0.4) is 0 Å². The number of esters is 1. The lowest BCUT2D eigenvalue weighted by Gasteiger charge is -2.11. The Kier molecular flexibility index (Phi) is 4.73. The molecular weight excluding hydrogens is 338 g/mol. The maximum Gasteiger partial charge on any atom is 0.340 e.